The van der Waals surface area contributed by atoms with Crippen molar-refractivity contribution < 1.29 is 0 Å². The summed E-state index contributed by atoms with van der Waals surface area (Å²) < 4.78 is 0. The minimum absolute atomic E-state index is 0.347. The molecule has 0 aromatic heterocycles. The summed E-state index contributed by atoms with van der Waals surface area (Å²) in [5.41, 5.74) is 8.18. The molecular formula is C20H27N. The van der Waals surface area contributed by atoms with Crippen LogP contribution < -0.4 is 5.32 Å². The number of hydrogen-bond donors (Lipinski definition) is 1. The summed E-state index contributed by atoms with van der Waals surface area (Å²) in [5, 5.41) is 3.73. The van der Waals surface area contributed by atoms with Gasteiger partial charge < -0.3 is 5.32 Å². The summed E-state index contributed by atoms with van der Waals surface area (Å²) in [6, 6.07) is 14.1. The van der Waals surface area contributed by atoms with Crippen LogP contribution in [0, 0.1) is 27.7 Å². The second-order valence-corrected chi connectivity index (χ2v) is 6.32. The molecule has 0 aliphatic carbocycles. The SMILES string of the molecule is Cc1cccc([C@@H](C)NC(C)c2cc(C)c(C)cc2C)c1. The number of rotatable bonds is 4. The van der Waals surface area contributed by atoms with Crippen molar-refractivity contribution >= 4 is 0 Å². The fourth-order valence-corrected chi connectivity index (χ4v) is 2.95. The van der Waals surface area contributed by atoms with Gasteiger partial charge in [0.15, 0.2) is 0 Å². The summed E-state index contributed by atoms with van der Waals surface area (Å²) in [5.74, 6) is 0. The molecule has 0 bridgehead atoms. The van der Waals surface area contributed by atoms with Crippen molar-refractivity contribution in [3.8, 4) is 0 Å². The average molecular weight is 281 g/mol. The lowest BCUT2D eigenvalue weighted by atomic mass is 9.95. The van der Waals surface area contributed by atoms with E-state index in [1.54, 1.807) is 0 Å². The molecule has 0 aliphatic rings. The summed E-state index contributed by atoms with van der Waals surface area (Å²) in [7, 11) is 0. The van der Waals surface area contributed by atoms with Gasteiger partial charge in [0.2, 0.25) is 0 Å². The Kier molecular flexibility index (Phi) is 4.84. The monoisotopic (exact) mass is 281 g/mol. The van der Waals surface area contributed by atoms with Gasteiger partial charge in [-0.25, -0.2) is 0 Å². The Hall–Kier alpha value is -1.60. The Labute approximate surface area is 129 Å². The van der Waals surface area contributed by atoms with Crippen molar-refractivity contribution in [2.24, 2.45) is 0 Å². The third-order valence-electron chi connectivity index (χ3n) is 4.39. The molecule has 2 atom stereocenters. The van der Waals surface area contributed by atoms with Gasteiger partial charge in [0, 0.05) is 12.1 Å². The zero-order valence-corrected chi connectivity index (χ0v) is 14.1. The maximum atomic E-state index is 3.73. The highest BCUT2D eigenvalue weighted by Gasteiger charge is 2.14. The molecule has 2 aromatic carbocycles. The van der Waals surface area contributed by atoms with Crippen molar-refractivity contribution in [1.82, 2.24) is 5.32 Å². The van der Waals surface area contributed by atoms with Crippen molar-refractivity contribution in [1.29, 1.82) is 0 Å². The molecule has 0 spiro atoms. The summed E-state index contributed by atoms with van der Waals surface area (Å²) in [6.07, 6.45) is 0. The van der Waals surface area contributed by atoms with Gasteiger partial charge >= 0.3 is 0 Å². The van der Waals surface area contributed by atoms with E-state index in [2.05, 4.69) is 83.3 Å². The Morgan fingerprint density at radius 3 is 2.10 bits per heavy atom. The van der Waals surface area contributed by atoms with E-state index in [1.807, 2.05) is 0 Å². The van der Waals surface area contributed by atoms with E-state index in [0.29, 0.717) is 12.1 Å². The largest absolute Gasteiger partial charge is 0.304 e. The Balaban J connectivity index is 2.18. The molecular weight excluding hydrogens is 254 g/mol. The fraction of sp³-hybridized carbons (Fsp3) is 0.400. The van der Waals surface area contributed by atoms with Crippen LogP contribution in [-0.2, 0) is 0 Å². The highest BCUT2D eigenvalue weighted by Crippen LogP contribution is 2.24. The van der Waals surface area contributed by atoms with Crippen LogP contribution in [0.1, 0.15) is 59.3 Å². The van der Waals surface area contributed by atoms with Crippen LogP contribution in [0.25, 0.3) is 0 Å². The lowest BCUT2D eigenvalue weighted by Gasteiger charge is -2.23. The molecule has 0 fully saturated rings. The Bertz CT molecular complexity index is 628. The van der Waals surface area contributed by atoms with Crippen molar-refractivity contribution in [3.05, 3.63) is 69.8 Å². The first-order valence-electron chi connectivity index (χ1n) is 7.79. The van der Waals surface area contributed by atoms with E-state index < -0.39 is 0 Å². The second kappa shape index (κ2) is 6.44. The van der Waals surface area contributed by atoms with Crippen LogP contribution >= 0.6 is 0 Å². The van der Waals surface area contributed by atoms with E-state index >= 15 is 0 Å². The third kappa shape index (κ3) is 3.74. The van der Waals surface area contributed by atoms with Gasteiger partial charge in [-0.3, -0.25) is 0 Å². The van der Waals surface area contributed by atoms with Gasteiger partial charge in [-0.15, -0.1) is 0 Å². The quantitative estimate of drug-likeness (QED) is 0.798. The van der Waals surface area contributed by atoms with Crippen LogP contribution in [-0.4, -0.2) is 0 Å². The first-order valence-corrected chi connectivity index (χ1v) is 7.79. The molecule has 2 rings (SSSR count). The number of benzene rings is 2. The highest BCUT2D eigenvalue weighted by molar-refractivity contribution is 5.38. The van der Waals surface area contributed by atoms with Gasteiger partial charge in [0.05, 0.1) is 0 Å². The zero-order chi connectivity index (χ0) is 15.6. The van der Waals surface area contributed by atoms with Gasteiger partial charge in [0.25, 0.3) is 0 Å². The van der Waals surface area contributed by atoms with Gasteiger partial charge in [0.1, 0.15) is 0 Å². The molecule has 21 heavy (non-hydrogen) atoms. The second-order valence-electron chi connectivity index (χ2n) is 6.32. The lowest BCUT2D eigenvalue weighted by molar-refractivity contribution is 0.493. The zero-order valence-electron chi connectivity index (χ0n) is 14.1. The molecule has 2 aromatic rings. The summed E-state index contributed by atoms with van der Waals surface area (Å²) >= 11 is 0. The van der Waals surface area contributed by atoms with Crippen molar-refractivity contribution in [3.63, 3.8) is 0 Å². The highest BCUT2D eigenvalue weighted by atomic mass is 14.9. The standard InChI is InChI=1S/C20H27N/c1-13-8-7-9-19(10-13)17(5)21-18(6)20-12-15(3)14(2)11-16(20)4/h7-12,17-18,21H,1-6H3/t17-,18?/m1/s1. The van der Waals surface area contributed by atoms with E-state index in [9.17, 15) is 0 Å². The summed E-state index contributed by atoms with van der Waals surface area (Å²) in [6.45, 7) is 13.2. The maximum Gasteiger partial charge on any atom is 0.0300 e. The van der Waals surface area contributed by atoms with Crippen molar-refractivity contribution in [2.45, 2.75) is 53.6 Å². The molecule has 1 heteroatoms. The predicted octanol–water partition coefficient (Wildman–Crippen LogP) is 5.33. The number of hydrogen-bond acceptors (Lipinski definition) is 1. The van der Waals surface area contributed by atoms with E-state index in [1.165, 1.54) is 33.4 Å². The average Bonchev–Trinajstić information content (AvgIpc) is 2.42. The van der Waals surface area contributed by atoms with Crippen LogP contribution in [0.3, 0.4) is 0 Å². The summed E-state index contributed by atoms with van der Waals surface area (Å²) in [4.78, 5) is 0. The Morgan fingerprint density at radius 1 is 0.762 bits per heavy atom. The fourth-order valence-electron chi connectivity index (χ4n) is 2.95. The minimum Gasteiger partial charge on any atom is -0.304 e. The molecule has 0 radical (unpaired) electrons. The smallest absolute Gasteiger partial charge is 0.0300 e. The maximum absolute atomic E-state index is 3.73. The van der Waals surface area contributed by atoms with Gasteiger partial charge in [-0.1, -0.05) is 42.0 Å². The van der Waals surface area contributed by atoms with Crippen LogP contribution in [0.4, 0.5) is 0 Å². The molecule has 112 valence electrons. The van der Waals surface area contributed by atoms with Crippen LogP contribution in [0.2, 0.25) is 0 Å². The molecule has 1 nitrogen and oxygen atoms in total. The normalized spacial score (nSPS) is 14.0. The molecule has 1 N–H and O–H groups in total. The van der Waals surface area contributed by atoms with Gasteiger partial charge in [-0.05, 0) is 69.4 Å². The third-order valence-corrected chi connectivity index (χ3v) is 4.39. The minimum atomic E-state index is 0.347. The Morgan fingerprint density at radius 2 is 1.43 bits per heavy atom. The topological polar surface area (TPSA) is 12.0 Å². The first kappa shape index (κ1) is 15.8. The van der Waals surface area contributed by atoms with Crippen molar-refractivity contribution in [2.75, 3.05) is 0 Å². The van der Waals surface area contributed by atoms with E-state index in [0.717, 1.165) is 0 Å². The number of nitrogens with one attached hydrogen (secondary N) is 1. The molecule has 0 aliphatic heterocycles. The molecule has 0 heterocycles. The van der Waals surface area contributed by atoms with E-state index in [4.69, 9.17) is 0 Å². The lowest BCUT2D eigenvalue weighted by Crippen LogP contribution is -2.23. The van der Waals surface area contributed by atoms with Gasteiger partial charge in [-0.2, -0.15) is 0 Å². The van der Waals surface area contributed by atoms with Crippen LogP contribution in [0.15, 0.2) is 36.4 Å². The molecule has 0 amide bonds. The molecule has 0 saturated heterocycles. The number of aryl methyl sites for hydroxylation is 4. The van der Waals surface area contributed by atoms with Crippen LogP contribution in [0.5, 0.6) is 0 Å². The van der Waals surface area contributed by atoms with E-state index in [-0.39, 0.29) is 0 Å². The predicted molar refractivity (Wildman–Crippen MR) is 91.8 cm³/mol. The molecule has 1 unspecified atom stereocenters. The first-order chi connectivity index (χ1) is 9.88. The molecule has 0 saturated carbocycles.